The third-order valence-electron chi connectivity index (χ3n) is 7.55. The highest BCUT2D eigenvalue weighted by molar-refractivity contribution is 7.89. The summed E-state index contributed by atoms with van der Waals surface area (Å²) in [6.07, 6.45) is 0.0236. The molecule has 0 aliphatic carbocycles. The Hall–Kier alpha value is -2.59. The van der Waals surface area contributed by atoms with Gasteiger partial charge in [0.2, 0.25) is 5.91 Å². The Morgan fingerprint density at radius 1 is 1.21 bits per heavy atom. The summed E-state index contributed by atoms with van der Waals surface area (Å²) < 4.78 is 39.9. The topological polar surface area (TPSA) is 146 Å². The summed E-state index contributed by atoms with van der Waals surface area (Å²) in [5, 5.41) is 7.75. The van der Waals surface area contributed by atoms with Crippen molar-refractivity contribution in [3.63, 3.8) is 0 Å². The maximum Gasteiger partial charge on any atom is 0.283 e. The zero-order chi connectivity index (χ0) is 30.7. The number of carbonyl (C=O) groups excluding carboxylic acids is 2. The Morgan fingerprint density at radius 3 is 2.72 bits per heavy atom. The number of nitrogens with one attached hydrogen (secondary N) is 3. The van der Waals surface area contributed by atoms with Crippen LogP contribution in [0.3, 0.4) is 0 Å². The van der Waals surface area contributed by atoms with Crippen LogP contribution in [0.2, 0.25) is 5.02 Å². The van der Waals surface area contributed by atoms with Crippen molar-refractivity contribution >= 4 is 55.7 Å². The number of sulfonamides is 1. The number of hydrogen-bond acceptors (Lipinski definition) is 9. The van der Waals surface area contributed by atoms with Crippen LogP contribution in [0.5, 0.6) is 0 Å². The molecule has 1 aromatic carbocycles. The average molecular weight is 653 g/mol. The van der Waals surface area contributed by atoms with Gasteiger partial charge in [-0.25, -0.2) is 13.4 Å². The van der Waals surface area contributed by atoms with Gasteiger partial charge in [0.1, 0.15) is 5.03 Å². The molecule has 0 radical (unpaired) electrons. The van der Waals surface area contributed by atoms with E-state index < -0.39 is 22.4 Å². The lowest BCUT2D eigenvalue weighted by Gasteiger charge is -2.40. The number of aromatic nitrogens is 2. The van der Waals surface area contributed by atoms with Gasteiger partial charge in [-0.3, -0.25) is 9.59 Å². The first-order chi connectivity index (χ1) is 20.6. The van der Waals surface area contributed by atoms with Gasteiger partial charge in [-0.1, -0.05) is 11.6 Å². The number of fused-ring (bicyclic) bond motifs is 2. The molecular formula is C28H37ClN6O6S2. The normalized spacial score (nSPS) is 19.6. The lowest BCUT2D eigenvalue weighted by molar-refractivity contribution is -0.141. The summed E-state index contributed by atoms with van der Waals surface area (Å²) in [5.74, 6) is -0.646. The Balaban J connectivity index is 1.37. The van der Waals surface area contributed by atoms with E-state index in [4.69, 9.17) is 21.1 Å². The number of benzene rings is 1. The SMILES string of the molecule is CCOC(CNC(=O)CC1CN(S(=O)(=O)c2cc3cc(Cl)ccc3[nH]2)CCN1C(=O)c1nc2c(s1)CNC(C)C2)OCC. The van der Waals surface area contributed by atoms with Gasteiger partial charge in [0.25, 0.3) is 15.9 Å². The van der Waals surface area contributed by atoms with Crippen LogP contribution in [-0.2, 0) is 37.3 Å². The zero-order valence-corrected chi connectivity index (χ0v) is 26.8. The molecule has 43 heavy (non-hydrogen) atoms. The van der Waals surface area contributed by atoms with Gasteiger partial charge in [-0.15, -0.1) is 11.3 Å². The van der Waals surface area contributed by atoms with E-state index in [9.17, 15) is 18.0 Å². The summed E-state index contributed by atoms with van der Waals surface area (Å²) in [5.41, 5.74) is 1.55. The second-order valence-electron chi connectivity index (χ2n) is 10.6. The molecule has 5 rings (SSSR count). The fourth-order valence-corrected chi connectivity index (χ4v) is 8.05. The molecule has 0 bridgehead atoms. The number of aromatic amines is 1. The van der Waals surface area contributed by atoms with E-state index in [1.807, 2.05) is 13.8 Å². The number of ether oxygens (including phenoxy) is 2. The quantitative estimate of drug-likeness (QED) is 0.268. The summed E-state index contributed by atoms with van der Waals surface area (Å²) in [4.78, 5) is 37.2. The van der Waals surface area contributed by atoms with Crippen LogP contribution < -0.4 is 10.6 Å². The first kappa shape index (κ1) is 31.8. The molecule has 4 heterocycles. The highest BCUT2D eigenvalue weighted by atomic mass is 35.5. The molecule has 12 nitrogen and oxygen atoms in total. The van der Waals surface area contributed by atoms with Gasteiger partial charge in [-0.05, 0) is 45.0 Å². The fourth-order valence-electron chi connectivity index (χ4n) is 5.39. The molecular weight excluding hydrogens is 616 g/mol. The number of carbonyl (C=O) groups is 2. The standard InChI is InChI=1S/C28H37ClN6O6S2/c1-4-40-26(41-5-2)15-31-24(36)13-20-16-34(43(38,39)25-12-18-11-19(29)6-7-21(18)32-25)8-9-35(20)28(37)27-33-22-10-17(3)30-14-23(22)42-27/h6-7,11-12,17,20,26,30,32H,4-5,8-10,13-16H2,1-3H3,(H,31,36). The molecule has 1 fully saturated rings. The summed E-state index contributed by atoms with van der Waals surface area (Å²) >= 11 is 7.45. The number of halogens is 1. The van der Waals surface area contributed by atoms with Gasteiger partial charge in [0.15, 0.2) is 11.3 Å². The van der Waals surface area contributed by atoms with E-state index in [0.29, 0.717) is 40.7 Å². The molecule has 234 valence electrons. The van der Waals surface area contributed by atoms with Crippen LogP contribution >= 0.6 is 22.9 Å². The van der Waals surface area contributed by atoms with Crippen LogP contribution in [0.25, 0.3) is 10.9 Å². The zero-order valence-electron chi connectivity index (χ0n) is 24.4. The third-order valence-corrected chi connectivity index (χ3v) is 10.7. The second kappa shape index (κ2) is 13.6. The minimum absolute atomic E-state index is 0.0261. The second-order valence-corrected chi connectivity index (χ2v) is 14.0. The van der Waals surface area contributed by atoms with Crippen LogP contribution in [0.4, 0.5) is 0 Å². The van der Waals surface area contributed by atoms with Crippen LogP contribution in [0.15, 0.2) is 29.3 Å². The van der Waals surface area contributed by atoms with Crippen molar-refractivity contribution in [3.8, 4) is 0 Å². The largest absolute Gasteiger partial charge is 0.351 e. The predicted molar refractivity (Wildman–Crippen MR) is 164 cm³/mol. The first-order valence-corrected chi connectivity index (χ1v) is 17.0. The highest BCUT2D eigenvalue weighted by Gasteiger charge is 2.39. The van der Waals surface area contributed by atoms with Crippen molar-refractivity contribution in [3.05, 3.63) is 44.9 Å². The number of hydrogen-bond donors (Lipinski definition) is 3. The first-order valence-electron chi connectivity index (χ1n) is 14.4. The average Bonchev–Trinajstić information content (AvgIpc) is 3.60. The number of amides is 2. The fraction of sp³-hybridized carbons (Fsp3) is 0.536. The molecule has 0 spiro atoms. The monoisotopic (exact) mass is 652 g/mol. The Labute approximate surface area is 260 Å². The van der Waals surface area contributed by atoms with E-state index in [0.717, 1.165) is 17.0 Å². The highest BCUT2D eigenvalue weighted by Crippen LogP contribution is 2.29. The number of nitrogens with zero attached hydrogens (tertiary/aromatic N) is 3. The van der Waals surface area contributed by atoms with Gasteiger partial charge in [0.05, 0.1) is 18.3 Å². The van der Waals surface area contributed by atoms with Crippen molar-refractivity contribution in [2.75, 3.05) is 39.4 Å². The van der Waals surface area contributed by atoms with Crippen molar-refractivity contribution in [2.45, 2.75) is 63.6 Å². The van der Waals surface area contributed by atoms with Gasteiger partial charge in [0, 0.05) is 79.1 Å². The molecule has 2 aliphatic rings. The van der Waals surface area contributed by atoms with Gasteiger partial charge in [-0.2, -0.15) is 4.31 Å². The Kier molecular flexibility index (Phi) is 10.1. The van der Waals surface area contributed by atoms with E-state index >= 15 is 0 Å². The molecule has 2 unspecified atom stereocenters. The number of rotatable bonds is 11. The number of thiazole rings is 1. The van der Waals surface area contributed by atoms with E-state index in [2.05, 4.69) is 27.5 Å². The van der Waals surface area contributed by atoms with Crippen LogP contribution in [0, 0.1) is 0 Å². The molecule has 3 aromatic rings. The molecule has 2 amide bonds. The van der Waals surface area contributed by atoms with E-state index in [1.165, 1.54) is 15.6 Å². The molecule has 2 atom stereocenters. The third kappa shape index (κ3) is 7.22. The lowest BCUT2D eigenvalue weighted by Crippen LogP contribution is -2.57. The summed E-state index contributed by atoms with van der Waals surface area (Å²) in [6.45, 7) is 7.50. The van der Waals surface area contributed by atoms with Gasteiger partial charge < -0.3 is 30.0 Å². The molecule has 0 saturated carbocycles. The minimum atomic E-state index is -3.96. The van der Waals surface area contributed by atoms with Crippen LogP contribution in [0.1, 0.15) is 47.6 Å². The van der Waals surface area contributed by atoms with E-state index in [-0.39, 0.29) is 55.5 Å². The minimum Gasteiger partial charge on any atom is -0.351 e. The summed E-state index contributed by atoms with van der Waals surface area (Å²) in [7, 11) is -3.96. The Morgan fingerprint density at radius 2 is 1.98 bits per heavy atom. The molecule has 15 heteroatoms. The van der Waals surface area contributed by atoms with Crippen molar-refractivity contribution < 1.29 is 27.5 Å². The smallest absolute Gasteiger partial charge is 0.283 e. The van der Waals surface area contributed by atoms with E-state index in [1.54, 1.807) is 29.2 Å². The number of piperazine rings is 1. The number of H-pyrrole nitrogens is 1. The Bertz CT molecular complexity index is 1570. The molecule has 2 aliphatic heterocycles. The molecule has 3 N–H and O–H groups in total. The molecule has 2 aromatic heterocycles. The van der Waals surface area contributed by atoms with Crippen molar-refractivity contribution in [2.24, 2.45) is 0 Å². The van der Waals surface area contributed by atoms with Gasteiger partial charge >= 0.3 is 0 Å². The van der Waals surface area contributed by atoms with Crippen molar-refractivity contribution in [1.29, 1.82) is 0 Å². The summed E-state index contributed by atoms with van der Waals surface area (Å²) in [6, 6.07) is 6.20. The maximum absolute atomic E-state index is 13.8. The lowest BCUT2D eigenvalue weighted by atomic mass is 10.1. The maximum atomic E-state index is 13.8. The predicted octanol–water partition coefficient (Wildman–Crippen LogP) is 2.73. The van der Waals surface area contributed by atoms with Crippen LogP contribution in [-0.4, -0.2) is 97.2 Å². The van der Waals surface area contributed by atoms with Crippen molar-refractivity contribution in [1.82, 2.24) is 29.8 Å². The molecule has 1 saturated heterocycles.